The monoisotopic (exact) mass is 686 g/mol. The zero-order valence-electron chi connectivity index (χ0n) is 16.2. The van der Waals surface area contributed by atoms with E-state index in [1.54, 1.807) is 30.3 Å². The molecule has 0 radical (unpaired) electrons. The van der Waals surface area contributed by atoms with E-state index in [4.69, 9.17) is 16.3 Å². The second-order valence-electron chi connectivity index (χ2n) is 6.83. The van der Waals surface area contributed by atoms with Gasteiger partial charge in [-0.05, 0) is 120 Å². The predicted octanol–water partition coefficient (Wildman–Crippen LogP) is 7.15. The molecule has 0 aromatic heterocycles. The number of urea groups is 1. The van der Waals surface area contributed by atoms with Gasteiger partial charge in [-0.15, -0.1) is 0 Å². The number of benzene rings is 3. The number of rotatable bonds is 5. The van der Waals surface area contributed by atoms with Gasteiger partial charge in [-0.1, -0.05) is 23.7 Å². The van der Waals surface area contributed by atoms with E-state index >= 15 is 0 Å². The number of anilines is 1. The third-order valence-corrected chi connectivity index (χ3v) is 6.74. The largest absolute Gasteiger partial charge is 0.487 e. The van der Waals surface area contributed by atoms with Crippen molar-refractivity contribution in [1.82, 2.24) is 5.32 Å². The molecule has 3 amide bonds. The van der Waals surface area contributed by atoms with Gasteiger partial charge in [0.05, 0.1) is 14.6 Å². The SMILES string of the molecule is O=C1N/C(=C/c2cc(Br)c(OCc3ccc(I)cc3)c(Br)c2)C(=O)N1c1ccc(Cl)cc1. The summed E-state index contributed by atoms with van der Waals surface area (Å²) >= 11 is 15.2. The third-order valence-electron chi connectivity index (χ3n) is 4.59. The van der Waals surface area contributed by atoms with Crippen LogP contribution in [0.4, 0.5) is 10.5 Å². The molecule has 4 rings (SSSR count). The quantitative estimate of drug-likeness (QED) is 0.176. The highest BCUT2D eigenvalue weighted by atomic mass is 127. The van der Waals surface area contributed by atoms with Gasteiger partial charge in [-0.2, -0.15) is 0 Å². The van der Waals surface area contributed by atoms with Crippen LogP contribution in [0.25, 0.3) is 6.08 Å². The average Bonchev–Trinajstić information content (AvgIpc) is 3.02. The molecule has 3 aromatic carbocycles. The van der Waals surface area contributed by atoms with Crippen LogP contribution in [0.1, 0.15) is 11.1 Å². The Morgan fingerprint density at radius 2 is 1.62 bits per heavy atom. The first-order chi connectivity index (χ1) is 15.3. The van der Waals surface area contributed by atoms with Gasteiger partial charge in [0.2, 0.25) is 0 Å². The average molecular weight is 689 g/mol. The highest BCUT2D eigenvalue weighted by molar-refractivity contribution is 14.1. The van der Waals surface area contributed by atoms with E-state index in [-0.39, 0.29) is 5.70 Å². The normalized spacial score (nSPS) is 14.8. The Labute approximate surface area is 220 Å². The molecule has 0 spiro atoms. The van der Waals surface area contributed by atoms with Crippen LogP contribution in [0.3, 0.4) is 0 Å². The van der Waals surface area contributed by atoms with Gasteiger partial charge in [-0.3, -0.25) is 4.79 Å². The number of nitrogens with zero attached hydrogens (tertiary/aromatic N) is 1. The minimum absolute atomic E-state index is 0.177. The molecular weight excluding hydrogens is 674 g/mol. The lowest BCUT2D eigenvalue weighted by Crippen LogP contribution is -2.30. The highest BCUT2D eigenvalue weighted by Crippen LogP contribution is 2.36. The molecule has 0 atom stereocenters. The van der Waals surface area contributed by atoms with E-state index in [0.29, 0.717) is 28.6 Å². The number of hydrogen-bond acceptors (Lipinski definition) is 3. The topological polar surface area (TPSA) is 58.6 Å². The molecule has 32 heavy (non-hydrogen) atoms. The molecule has 162 valence electrons. The van der Waals surface area contributed by atoms with Crippen molar-refractivity contribution >= 4 is 89.8 Å². The summed E-state index contributed by atoms with van der Waals surface area (Å²) in [6.45, 7) is 0.416. The summed E-state index contributed by atoms with van der Waals surface area (Å²) in [6, 6.07) is 17.7. The lowest BCUT2D eigenvalue weighted by Gasteiger charge is -2.12. The molecule has 0 saturated carbocycles. The fourth-order valence-corrected chi connectivity index (χ4v) is 5.00. The summed E-state index contributed by atoms with van der Waals surface area (Å²) in [5.74, 6) is 0.207. The van der Waals surface area contributed by atoms with Crippen molar-refractivity contribution in [2.75, 3.05) is 4.90 Å². The van der Waals surface area contributed by atoms with Gasteiger partial charge in [0.1, 0.15) is 18.1 Å². The fourth-order valence-electron chi connectivity index (χ4n) is 3.06. The molecular formula is C23H14Br2ClIN2O3. The van der Waals surface area contributed by atoms with Gasteiger partial charge < -0.3 is 10.1 Å². The van der Waals surface area contributed by atoms with E-state index in [1.165, 1.54) is 0 Å². The highest BCUT2D eigenvalue weighted by Gasteiger charge is 2.34. The first-order valence-corrected chi connectivity index (χ1v) is 12.3. The van der Waals surface area contributed by atoms with Crippen LogP contribution in [-0.4, -0.2) is 11.9 Å². The van der Waals surface area contributed by atoms with Gasteiger partial charge >= 0.3 is 6.03 Å². The van der Waals surface area contributed by atoms with Crippen LogP contribution in [0.5, 0.6) is 5.75 Å². The summed E-state index contributed by atoms with van der Waals surface area (Å²) in [5, 5.41) is 3.15. The van der Waals surface area contributed by atoms with E-state index in [0.717, 1.165) is 23.0 Å². The van der Waals surface area contributed by atoms with Crippen LogP contribution in [0, 0.1) is 3.57 Å². The van der Waals surface area contributed by atoms with Gasteiger partial charge in [-0.25, -0.2) is 9.69 Å². The summed E-state index contributed by atoms with van der Waals surface area (Å²) in [5.41, 5.74) is 2.39. The minimum Gasteiger partial charge on any atom is -0.487 e. The minimum atomic E-state index is -0.515. The van der Waals surface area contributed by atoms with E-state index in [2.05, 4.69) is 59.8 Å². The summed E-state index contributed by atoms with van der Waals surface area (Å²) in [6.07, 6.45) is 1.62. The summed E-state index contributed by atoms with van der Waals surface area (Å²) in [4.78, 5) is 26.3. The van der Waals surface area contributed by atoms with E-state index in [1.807, 2.05) is 36.4 Å². The van der Waals surface area contributed by atoms with Crippen molar-refractivity contribution in [3.05, 3.63) is 95.0 Å². The van der Waals surface area contributed by atoms with Crippen LogP contribution in [-0.2, 0) is 11.4 Å². The second kappa shape index (κ2) is 9.94. The zero-order chi connectivity index (χ0) is 22.8. The van der Waals surface area contributed by atoms with E-state index in [9.17, 15) is 9.59 Å². The van der Waals surface area contributed by atoms with Gasteiger partial charge in [0.25, 0.3) is 5.91 Å². The maximum Gasteiger partial charge on any atom is 0.333 e. The maximum absolute atomic E-state index is 12.8. The molecule has 0 bridgehead atoms. The molecule has 9 heteroatoms. The Hall–Kier alpha value is -1.88. The first-order valence-electron chi connectivity index (χ1n) is 9.31. The zero-order valence-corrected chi connectivity index (χ0v) is 22.3. The number of carbonyl (C=O) groups is 2. The fraction of sp³-hybridized carbons (Fsp3) is 0.0435. The molecule has 1 saturated heterocycles. The second-order valence-corrected chi connectivity index (χ2v) is 10.2. The third kappa shape index (κ3) is 5.19. The van der Waals surface area contributed by atoms with Crippen LogP contribution < -0.4 is 15.0 Å². The van der Waals surface area contributed by atoms with Gasteiger partial charge in [0, 0.05) is 8.59 Å². The predicted molar refractivity (Wildman–Crippen MR) is 141 cm³/mol. The smallest absolute Gasteiger partial charge is 0.333 e. The van der Waals surface area contributed by atoms with Crippen molar-refractivity contribution < 1.29 is 14.3 Å². The van der Waals surface area contributed by atoms with Crippen molar-refractivity contribution in [2.45, 2.75) is 6.61 Å². The number of carbonyl (C=O) groups excluding carboxylic acids is 2. The van der Waals surface area contributed by atoms with Crippen molar-refractivity contribution in [3.63, 3.8) is 0 Å². The molecule has 1 aliphatic heterocycles. The summed E-state index contributed by atoms with van der Waals surface area (Å²) < 4.78 is 8.57. The lowest BCUT2D eigenvalue weighted by molar-refractivity contribution is -0.113. The maximum atomic E-state index is 12.8. The first kappa shape index (κ1) is 23.3. The van der Waals surface area contributed by atoms with Crippen molar-refractivity contribution in [1.29, 1.82) is 0 Å². The number of hydrogen-bond donors (Lipinski definition) is 1. The Kier molecular flexibility index (Phi) is 7.24. The van der Waals surface area contributed by atoms with Gasteiger partial charge in [0.15, 0.2) is 0 Å². The number of halogens is 4. The van der Waals surface area contributed by atoms with E-state index < -0.39 is 11.9 Å². The Bertz CT molecular complexity index is 1210. The van der Waals surface area contributed by atoms with Crippen LogP contribution in [0.15, 0.2) is 75.3 Å². The molecule has 1 fully saturated rings. The summed E-state index contributed by atoms with van der Waals surface area (Å²) in [7, 11) is 0. The standard InChI is InChI=1S/C23H14Br2ClIN2O3/c24-18-9-14(10-19(25)21(18)32-12-13-1-5-16(27)6-2-13)11-20-22(30)29(23(31)28-20)17-7-3-15(26)4-8-17/h1-11H,12H2,(H,28,31)/b20-11+. The molecule has 5 nitrogen and oxygen atoms in total. The Morgan fingerprint density at radius 1 is 1.00 bits per heavy atom. The number of nitrogens with one attached hydrogen (secondary N) is 1. The lowest BCUT2D eigenvalue weighted by atomic mass is 10.1. The molecule has 1 heterocycles. The molecule has 0 aliphatic carbocycles. The van der Waals surface area contributed by atoms with Crippen LogP contribution in [0.2, 0.25) is 5.02 Å². The molecule has 1 aliphatic rings. The van der Waals surface area contributed by atoms with Crippen molar-refractivity contribution in [3.8, 4) is 5.75 Å². The molecule has 1 N–H and O–H groups in total. The van der Waals surface area contributed by atoms with Crippen molar-refractivity contribution in [2.24, 2.45) is 0 Å². The number of ether oxygens (including phenoxy) is 1. The Morgan fingerprint density at radius 3 is 2.25 bits per heavy atom. The Balaban J connectivity index is 1.54. The number of amides is 3. The molecule has 0 unspecified atom stereocenters. The molecule has 3 aromatic rings. The van der Waals surface area contributed by atoms with Crippen LogP contribution >= 0.6 is 66.1 Å². The number of imide groups is 1.